The van der Waals surface area contributed by atoms with Crippen LogP contribution >= 0.6 is 0 Å². The first-order chi connectivity index (χ1) is 16.9. The van der Waals surface area contributed by atoms with Crippen LogP contribution < -0.4 is 20.1 Å². The van der Waals surface area contributed by atoms with E-state index < -0.39 is 0 Å². The van der Waals surface area contributed by atoms with Crippen molar-refractivity contribution in [2.24, 2.45) is 0 Å². The molecule has 2 aliphatic rings. The highest BCUT2D eigenvalue weighted by atomic mass is 16.5. The number of amides is 1. The van der Waals surface area contributed by atoms with Gasteiger partial charge in [-0.25, -0.2) is 0 Å². The lowest BCUT2D eigenvalue weighted by Gasteiger charge is -2.22. The van der Waals surface area contributed by atoms with Gasteiger partial charge >= 0.3 is 0 Å². The summed E-state index contributed by atoms with van der Waals surface area (Å²) in [5, 5.41) is 6.78. The van der Waals surface area contributed by atoms with Gasteiger partial charge in [-0.3, -0.25) is 4.79 Å². The van der Waals surface area contributed by atoms with Gasteiger partial charge in [0, 0.05) is 45.6 Å². The number of carbonyl (C=O) groups excluding carboxylic acids is 1. The second-order valence-electron chi connectivity index (χ2n) is 9.75. The molecule has 1 saturated carbocycles. The summed E-state index contributed by atoms with van der Waals surface area (Å²) in [6.07, 6.45) is 13.0. The van der Waals surface area contributed by atoms with Crippen molar-refractivity contribution in [3.8, 4) is 22.6 Å². The van der Waals surface area contributed by atoms with E-state index in [0.717, 1.165) is 57.8 Å². The van der Waals surface area contributed by atoms with E-state index in [0.29, 0.717) is 11.6 Å². The molecule has 0 unspecified atom stereocenters. The molecule has 186 valence electrons. The van der Waals surface area contributed by atoms with E-state index in [1.807, 2.05) is 19.9 Å². The Morgan fingerprint density at radius 2 is 1.54 bits per heavy atom. The zero-order chi connectivity index (χ0) is 24.9. The maximum Gasteiger partial charge on any atom is 0.247 e. The third kappa shape index (κ3) is 5.39. The molecule has 2 aliphatic carbocycles. The SMILES string of the molecule is COc1c(C)c(-c2ccc(NC3CCCC3)cc2)c(OC)c(C)c1/C=C(\C)C(=O)NC1CC=CC1. The average molecular weight is 475 g/mol. The van der Waals surface area contributed by atoms with Crippen molar-refractivity contribution in [3.05, 3.63) is 58.7 Å². The number of rotatable bonds is 8. The van der Waals surface area contributed by atoms with Crippen LogP contribution in [-0.2, 0) is 4.79 Å². The van der Waals surface area contributed by atoms with E-state index in [1.165, 1.54) is 25.7 Å². The van der Waals surface area contributed by atoms with Gasteiger partial charge in [0.15, 0.2) is 0 Å². The van der Waals surface area contributed by atoms with E-state index >= 15 is 0 Å². The zero-order valence-corrected chi connectivity index (χ0v) is 21.7. The number of carbonyl (C=O) groups is 1. The maximum atomic E-state index is 12.8. The molecule has 1 amide bonds. The molecule has 0 heterocycles. The summed E-state index contributed by atoms with van der Waals surface area (Å²) in [6, 6.07) is 9.34. The summed E-state index contributed by atoms with van der Waals surface area (Å²) in [4.78, 5) is 12.8. The third-order valence-corrected chi connectivity index (χ3v) is 7.30. The van der Waals surface area contributed by atoms with Gasteiger partial charge in [0.2, 0.25) is 5.91 Å². The van der Waals surface area contributed by atoms with Crippen LogP contribution in [0.15, 0.2) is 42.0 Å². The zero-order valence-electron chi connectivity index (χ0n) is 21.7. The Balaban J connectivity index is 1.67. The third-order valence-electron chi connectivity index (χ3n) is 7.30. The van der Waals surface area contributed by atoms with Crippen LogP contribution in [-0.4, -0.2) is 32.2 Å². The Morgan fingerprint density at radius 1 is 0.914 bits per heavy atom. The van der Waals surface area contributed by atoms with Crippen LogP contribution in [0.5, 0.6) is 11.5 Å². The molecule has 1 fully saturated rings. The van der Waals surface area contributed by atoms with Crippen LogP contribution in [0.1, 0.15) is 62.1 Å². The van der Waals surface area contributed by atoms with Crippen molar-refractivity contribution in [1.29, 1.82) is 0 Å². The topological polar surface area (TPSA) is 59.6 Å². The fraction of sp³-hybridized carbons (Fsp3) is 0.433. The van der Waals surface area contributed by atoms with Gasteiger partial charge in [-0.15, -0.1) is 0 Å². The fourth-order valence-electron chi connectivity index (χ4n) is 5.36. The molecule has 2 N–H and O–H groups in total. The Morgan fingerprint density at radius 3 is 2.14 bits per heavy atom. The lowest BCUT2D eigenvalue weighted by Crippen LogP contribution is -2.33. The Hall–Kier alpha value is -3.21. The van der Waals surface area contributed by atoms with Crippen LogP contribution in [0.4, 0.5) is 5.69 Å². The quantitative estimate of drug-likeness (QED) is 0.335. The highest BCUT2D eigenvalue weighted by Gasteiger charge is 2.23. The summed E-state index contributed by atoms with van der Waals surface area (Å²) in [7, 11) is 3.39. The number of anilines is 1. The van der Waals surface area contributed by atoms with E-state index in [9.17, 15) is 4.79 Å². The van der Waals surface area contributed by atoms with Crippen LogP contribution in [0, 0.1) is 13.8 Å². The standard InChI is InChI=1S/C30H38N2O3/c1-19(30(33)32-24-12-8-9-13-24)18-26-20(2)29(35-5)27(21(3)28(26)34-4)22-14-16-25(17-15-22)31-23-10-6-7-11-23/h8-9,14-18,23-24,31H,6-7,10-13H2,1-5H3,(H,32,33)/b19-18+. The van der Waals surface area contributed by atoms with Crippen molar-refractivity contribution in [1.82, 2.24) is 5.32 Å². The van der Waals surface area contributed by atoms with Gasteiger partial charge in [0.1, 0.15) is 11.5 Å². The van der Waals surface area contributed by atoms with Gasteiger partial charge in [-0.2, -0.15) is 0 Å². The van der Waals surface area contributed by atoms with Crippen LogP contribution in [0.3, 0.4) is 0 Å². The molecule has 2 aromatic rings. The summed E-state index contributed by atoms with van der Waals surface area (Å²) in [5.41, 5.74) is 6.72. The van der Waals surface area contributed by atoms with Crippen molar-refractivity contribution in [2.45, 2.75) is 71.4 Å². The molecule has 0 aromatic heterocycles. The van der Waals surface area contributed by atoms with Crippen molar-refractivity contribution in [3.63, 3.8) is 0 Å². The summed E-state index contributed by atoms with van der Waals surface area (Å²) < 4.78 is 11.8. The number of methoxy groups -OCH3 is 2. The molecular formula is C30H38N2O3. The summed E-state index contributed by atoms with van der Waals surface area (Å²) >= 11 is 0. The highest BCUT2D eigenvalue weighted by Crippen LogP contribution is 2.45. The first-order valence-corrected chi connectivity index (χ1v) is 12.7. The minimum absolute atomic E-state index is 0.0498. The molecule has 0 radical (unpaired) electrons. The lowest BCUT2D eigenvalue weighted by molar-refractivity contribution is -0.118. The van der Waals surface area contributed by atoms with Crippen molar-refractivity contribution >= 4 is 17.7 Å². The monoisotopic (exact) mass is 474 g/mol. The molecule has 0 bridgehead atoms. The van der Waals surface area contributed by atoms with Gasteiger partial charge < -0.3 is 20.1 Å². The molecule has 4 rings (SSSR count). The second-order valence-corrected chi connectivity index (χ2v) is 9.75. The van der Waals surface area contributed by atoms with E-state index in [-0.39, 0.29) is 11.9 Å². The molecule has 35 heavy (non-hydrogen) atoms. The van der Waals surface area contributed by atoms with Gasteiger partial charge in [0.25, 0.3) is 0 Å². The van der Waals surface area contributed by atoms with Gasteiger partial charge in [0.05, 0.1) is 14.2 Å². The number of nitrogens with one attached hydrogen (secondary N) is 2. The first kappa shape index (κ1) is 24.9. The van der Waals surface area contributed by atoms with Gasteiger partial charge in [-0.1, -0.05) is 37.1 Å². The van der Waals surface area contributed by atoms with Gasteiger partial charge in [-0.05, 0) is 70.2 Å². The minimum Gasteiger partial charge on any atom is -0.496 e. The molecular weight excluding hydrogens is 436 g/mol. The predicted octanol–water partition coefficient (Wildman–Crippen LogP) is 6.58. The summed E-state index contributed by atoms with van der Waals surface area (Å²) in [5.74, 6) is 1.52. The highest BCUT2D eigenvalue weighted by molar-refractivity contribution is 5.98. The van der Waals surface area contributed by atoms with Crippen molar-refractivity contribution in [2.75, 3.05) is 19.5 Å². The second kappa shape index (κ2) is 11.0. The number of hydrogen-bond acceptors (Lipinski definition) is 4. The number of hydrogen-bond donors (Lipinski definition) is 2. The van der Waals surface area contributed by atoms with Crippen LogP contribution in [0.25, 0.3) is 17.2 Å². The Kier molecular flexibility index (Phi) is 7.84. The normalized spacial score (nSPS) is 16.5. The number of ether oxygens (including phenoxy) is 2. The molecule has 2 aromatic carbocycles. The Bertz CT molecular complexity index is 1120. The van der Waals surface area contributed by atoms with Crippen LogP contribution in [0.2, 0.25) is 0 Å². The van der Waals surface area contributed by atoms with E-state index in [2.05, 4.69) is 54.0 Å². The molecule has 0 spiro atoms. The Labute approximate surface area is 209 Å². The molecule has 5 nitrogen and oxygen atoms in total. The molecule has 0 aliphatic heterocycles. The molecule has 0 atom stereocenters. The lowest BCUT2D eigenvalue weighted by atomic mass is 9.91. The average Bonchev–Trinajstić information content (AvgIpc) is 3.56. The minimum atomic E-state index is -0.0498. The van der Waals surface area contributed by atoms with E-state index in [1.54, 1.807) is 14.2 Å². The maximum absolute atomic E-state index is 12.8. The first-order valence-electron chi connectivity index (χ1n) is 12.7. The van der Waals surface area contributed by atoms with Crippen molar-refractivity contribution < 1.29 is 14.3 Å². The largest absolute Gasteiger partial charge is 0.496 e. The van der Waals surface area contributed by atoms with E-state index in [4.69, 9.17) is 9.47 Å². The number of benzene rings is 2. The fourth-order valence-corrected chi connectivity index (χ4v) is 5.36. The molecule has 5 heteroatoms. The smallest absolute Gasteiger partial charge is 0.247 e. The predicted molar refractivity (Wildman–Crippen MR) is 144 cm³/mol. The molecule has 0 saturated heterocycles. The summed E-state index contributed by atoms with van der Waals surface area (Å²) in [6.45, 7) is 5.93.